The van der Waals surface area contributed by atoms with E-state index in [1.165, 1.54) is 13.1 Å². The Hall–Kier alpha value is -1.52. The summed E-state index contributed by atoms with van der Waals surface area (Å²) in [5.41, 5.74) is -0.564. The second kappa shape index (κ2) is 4.55. The SMILES string of the molecule is C=C(OCC)c1cnc(C)c(C(F)(F)F)c1. The number of hydrogen-bond donors (Lipinski definition) is 0. The van der Waals surface area contributed by atoms with Crippen LogP contribution in [0.3, 0.4) is 0 Å². The molecule has 0 amide bonds. The van der Waals surface area contributed by atoms with Crippen molar-refractivity contribution >= 4 is 5.76 Å². The van der Waals surface area contributed by atoms with Crippen molar-refractivity contribution in [2.45, 2.75) is 20.0 Å². The molecule has 1 rings (SSSR count). The Bertz CT molecular complexity index is 399. The Kier molecular flexibility index (Phi) is 3.57. The van der Waals surface area contributed by atoms with Gasteiger partial charge in [0.2, 0.25) is 0 Å². The molecule has 5 heteroatoms. The van der Waals surface area contributed by atoms with E-state index in [1.807, 2.05) is 0 Å². The third kappa shape index (κ3) is 2.74. The summed E-state index contributed by atoms with van der Waals surface area (Å²) in [5.74, 6) is 0.195. The van der Waals surface area contributed by atoms with Crippen LogP contribution in [0.1, 0.15) is 23.7 Å². The van der Waals surface area contributed by atoms with Gasteiger partial charge in [0.25, 0.3) is 0 Å². The summed E-state index contributed by atoms with van der Waals surface area (Å²) in [7, 11) is 0. The van der Waals surface area contributed by atoms with E-state index in [1.54, 1.807) is 6.92 Å². The summed E-state index contributed by atoms with van der Waals surface area (Å²) in [5, 5.41) is 0. The molecule has 0 atom stereocenters. The molecular weight excluding hydrogens is 219 g/mol. The van der Waals surface area contributed by atoms with E-state index in [-0.39, 0.29) is 17.0 Å². The van der Waals surface area contributed by atoms with Crippen molar-refractivity contribution < 1.29 is 17.9 Å². The van der Waals surface area contributed by atoms with Crippen LogP contribution in [0.5, 0.6) is 0 Å². The molecular formula is C11H12F3NO. The Morgan fingerprint density at radius 3 is 2.62 bits per heavy atom. The van der Waals surface area contributed by atoms with Crippen molar-refractivity contribution in [2.75, 3.05) is 6.61 Å². The zero-order valence-corrected chi connectivity index (χ0v) is 9.06. The van der Waals surface area contributed by atoms with Crippen molar-refractivity contribution in [1.82, 2.24) is 4.98 Å². The lowest BCUT2D eigenvalue weighted by molar-refractivity contribution is -0.138. The van der Waals surface area contributed by atoms with Crippen molar-refractivity contribution in [2.24, 2.45) is 0 Å². The molecule has 1 aromatic rings. The van der Waals surface area contributed by atoms with E-state index in [0.29, 0.717) is 6.61 Å². The van der Waals surface area contributed by atoms with Crippen LogP contribution in [0.2, 0.25) is 0 Å². The third-order valence-corrected chi connectivity index (χ3v) is 2.03. The summed E-state index contributed by atoms with van der Waals surface area (Å²) in [6.45, 7) is 6.94. The minimum atomic E-state index is -4.40. The van der Waals surface area contributed by atoms with Gasteiger partial charge in [0, 0.05) is 17.5 Å². The minimum Gasteiger partial charge on any atom is -0.494 e. The number of halogens is 3. The van der Waals surface area contributed by atoms with Gasteiger partial charge < -0.3 is 4.74 Å². The average Bonchev–Trinajstić information content (AvgIpc) is 2.16. The molecule has 1 heterocycles. The van der Waals surface area contributed by atoms with Crippen LogP contribution in [0, 0.1) is 6.92 Å². The lowest BCUT2D eigenvalue weighted by Gasteiger charge is -2.12. The highest BCUT2D eigenvalue weighted by molar-refractivity contribution is 5.57. The molecule has 2 nitrogen and oxygen atoms in total. The second-order valence-electron chi connectivity index (χ2n) is 3.21. The molecule has 0 aromatic carbocycles. The largest absolute Gasteiger partial charge is 0.494 e. The fourth-order valence-corrected chi connectivity index (χ4v) is 1.23. The number of alkyl halides is 3. The highest BCUT2D eigenvalue weighted by Gasteiger charge is 2.33. The maximum absolute atomic E-state index is 12.6. The lowest BCUT2D eigenvalue weighted by Crippen LogP contribution is -2.09. The first-order valence-electron chi connectivity index (χ1n) is 4.72. The van der Waals surface area contributed by atoms with Gasteiger partial charge in [-0.1, -0.05) is 6.58 Å². The molecule has 0 spiro atoms. The predicted molar refractivity (Wildman–Crippen MR) is 54.6 cm³/mol. The number of hydrogen-bond acceptors (Lipinski definition) is 2. The number of aryl methyl sites for hydroxylation is 1. The van der Waals surface area contributed by atoms with Gasteiger partial charge in [0.05, 0.1) is 12.2 Å². The topological polar surface area (TPSA) is 22.1 Å². The third-order valence-electron chi connectivity index (χ3n) is 2.03. The lowest BCUT2D eigenvalue weighted by atomic mass is 10.1. The Morgan fingerprint density at radius 1 is 1.50 bits per heavy atom. The summed E-state index contributed by atoms with van der Waals surface area (Å²) in [4.78, 5) is 3.69. The normalized spacial score (nSPS) is 11.3. The smallest absolute Gasteiger partial charge is 0.418 e. The van der Waals surface area contributed by atoms with Gasteiger partial charge in [-0.15, -0.1) is 0 Å². The molecule has 88 valence electrons. The van der Waals surface area contributed by atoms with Crippen molar-refractivity contribution in [3.63, 3.8) is 0 Å². The van der Waals surface area contributed by atoms with Gasteiger partial charge in [0.1, 0.15) is 5.76 Å². The number of aromatic nitrogens is 1. The van der Waals surface area contributed by atoms with Gasteiger partial charge >= 0.3 is 6.18 Å². The van der Waals surface area contributed by atoms with Crippen LogP contribution >= 0.6 is 0 Å². The Labute approximate surface area is 91.8 Å². The number of rotatable bonds is 3. The highest BCUT2D eigenvalue weighted by Crippen LogP contribution is 2.32. The van der Waals surface area contributed by atoms with Gasteiger partial charge in [-0.3, -0.25) is 4.98 Å². The molecule has 0 fully saturated rings. The van der Waals surface area contributed by atoms with Gasteiger partial charge in [-0.05, 0) is 19.9 Å². The van der Waals surface area contributed by atoms with Crippen LogP contribution in [-0.4, -0.2) is 11.6 Å². The zero-order chi connectivity index (χ0) is 12.3. The van der Waals surface area contributed by atoms with Crippen molar-refractivity contribution in [3.8, 4) is 0 Å². The zero-order valence-electron chi connectivity index (χ0n) is 9.06. The fourth-order valence-electron chi connectivity index (χ4n) is 1.23. The average molecular weight is 231 g/mol. The predicted octanol–water partition coefficient (Wildman–Crippen LogP) is 3.42. The molecule has 0 saturated carbocycles. The molecule has 16 heavy (non-hydrogen) atoms. The first kappa shape index (κ1) is 12.5. The summed E-state index contributed by atoms with van der Waals surface area (Å²) in [6.07, 6.45) is -3.08. The van der Waals surface area contributed by atoms with E-state index in [9.17, 15) is 13.2 Å². The van der Waals surface area contributed by atoms with Crippen LogP contribution in [0.15, 0.2) is 18.8 Å². The van der Waals surface area contributed by atoms with Crippen molar-refractivity contribution in [1.29, 1.82) is 0 Å². The number of nitrogens with zero attached hydrogens (tertiary/aromatic N) is 1. The second-order valence-corrected chi connectivity index (χ2v) is 3.21. The number of pyridine rings is 1. The Balaban J connectivity index is 3.13. The van der Waals surface area contributed by atoms with E-state index < -0.39 is 11.7 Å². The molecule has 0 aliphatic rings. The van der Waals surface area contributed by atoms with E-state index in [0.717, 1.165) is 6.07 Å². The van der Waals surface area contributed by atoms with E-state index >= 15 is 0 Å². The molecule has 0 bridgehead atoms. The maximum Gasteiger partial charge on any atom is 0.418 e. The summed E-state index contributed by atoms with van der Waals surface area (Å²) in [6, 6.07) is 1.00. The molecule has 0 aliphatic carbocycles. The molecule has 0 radical (unpaired) electrons. The van der Waals surface area contributed by atoms with Crippen LogP contribution in [-0.2, 0) is 10.9 Å². The molecule has 0 saturated heterocycles. The molecule has 0 N–H and O–H groups in total. The first-order valence-corrected chi connectivity index (χ1v) is 4.72. The van der Waals surface area contributed by atoms with E-state index in [2.05, 4.69) is 11.6 Å². The van der Waals surface area contributed by atoms with Gasteiger partial charge in [-0.25, -0.2) is 0 Å². The Morgan fingerprint density at radius 2 is 2.12 bits per heavy atom. The quantitative estimate of drug-likeness (QED) is 0.743. The van der Waals surface area contributed by atoms with Gasteiger partial charge in [-0.2, -0.15) is 13.2 Å². The number of ether oxygens (including phenoxy) is 1. The van der Waals surface area contributed by atoms with Crippen LogP contribution in [0.4, 0.5) is 13.2 Å². The molecule has 0 unspecified atom stereocenters. The minimum absolute atomic E-state index is 0.0550. The first-order chi connectivity index (χ1) is 7.36. The standard InChI is InChI=1S/C11H12F3NO/c1-4-16-8(3)9-5-10(11(12,13)14)7(2)15-6-9/h5-6H,3-4H2,1-2H3. The monoisotopic (exact) mass is 231 g/mol. The summed E-state index contributed by atoms with van der Waals surface area (Å²) < 4.78 is 42.7. The highest BCUT2D eigenvalue weighted by atomic mass is 19.4. The molecule has 1 aromatic heterocycles. The van der Waals surface area contributed by atoms with Gasteiger partial charge in [0.15, 0.2) is 0 Å². The van der Waals surface area contributed by atoms with E-state index in [4.69, 9.17) is 4.74 Å². The fraction of sp³-hybridized carbons (Fsp3) is 0.364. The van der Waals surface area contributed by atoms with Crippen LogP contribution < -0.4 is 0 Å². The maximum atomic E-state index is 12.6. The van der Waals surface area contributed by atoms with Crippen LogP contribution in [0.25, 0.3) is 5.76 Å². The summed E-state index contributed by atoms with van der Waals surface area (Å²) >= 11 is 0. The molecule has 0 aliphatic heterocycles. The van der Waals surface area contributed by atoms with Crippen molar-refractivity contribution in [3.05, 3.63) is 35.7 Å².